The molecule has 0 aliphatic carbocycles. The largest absolute Gasteiger partial charge is 0.399 e. The smallest absolute Gasteiger partial charge is 0.0678 e. The third-order valence-corrected chi connectivity index (χ3v) is 8.85. The van der Waals surface area contributed by atoms with E-state index in [-0.39, 0.29) is 0 Å². The summed E-state index contributed by atoms with van der Waals surface area (Å²) in [6.07, 6.45) is 0. The van der Waals surface area contributed by atoms with Gasteiger partial charge in [0, 0.05) is 56.2 Å². The van der Waals surface area contributed by atoms with Crippen LogP contribution in [0.5, 0.6) is 0 Å². The molecular formula is C25H19N3S2. The highest BCUT2D eigenvalue weighted by molar-refractivity contribution is 7.28. The molecule has 0 spiro atoms. The number of thiophene rings is 2. The van der Waals surface area contributed by atoms with Crippen molar-refractivity contribution in [2.24, 2.45) is 14.1 Å². The zero-order chi connectivity index (χ0) is 20.3. The van der Waals surface area contributed by atoms with E-state index in [1.807, 2.05) is 28.7 Å². The maximum absolute atomic E-state index is 6.06. The van der Waals surface area contributed by atoms with Gasteiger partial charge in [-0.2, -0.15) is 0 Å². The number of aryl methyl sites for hydroxylation is 3. The minimum Gasteiger partial charge on any atom is -0.399 e. The summed E-state index contributed by atoms with van der Waals surface area (Å²) in [5, 5.41) is 5.34. The summed E-state index contributed by atoms with van der Waals surface area (Å²) in [6.45, 7) is 2.16. The minimum absolute atomic E-state index is 0.814. The lowest BCUT2D eigenvalue weighted by molar-refractivity contribution is 1.02. The number of hydrogen-bond donors (Lipinski definition) is 1. The Morgan fingerprint density at radius 1 is 0.667 bits per heavy atom. The van der Waals surface area contributed by atoms with E-state index in [9.17, 15) is 0 Å². The SMILES string of the molecule is Cc1ccc2c3sc4cc5c(cc4c3n(C)c2c1)sc1c2ccc(N)cc2n(C)c51. The quantitative estimate of drug-likeness (QED) is 0.254. The summed E-state index contributed by atoms with van der Waals surface area (Å²) in [6, 6.07) is 17.8. The van der Waals surface area contributed by atoms with Crippen LogP contribution in [0, 0.1) is 6.92 Å². The fourth-order valence-corrected chi connectivity index (χ4v) is 7.64. The molecule has 4 aromatic heterocycles. The minimum atomic E-state index is 0.814. The van der Waals surface area contributed by atoms with Crippen LogP contribution < -0.4 is 5.73 Å². The molecule has 3 aromatic carbocycles. The fourth-order valence-electron chi connectivity index (χ4n) is 5.06. The Hall–Kier alpha value is -3.02. The monoisotopic (exact) mass is 425 g/mol. The Morgan fingerprint density at radius 2 is 1.20 bits per heavy atom. The summed E-state index contributed by atoms with van der Waals surface area (Å²) >= 11 is 3.81. The van der Waals surface area contributed by atoms with Crippen molar-refractivity contribution in [3.63, 3.8) is 0 Å². The van der Waals surface area contributed by atoms with Crippen molar-refractivity contribution in [3.8, 4) is 0 Å². The summed E-state index contributed by atoms with van der Waals surface area (Å²) in [5.74, 6) is 0. The first-order valence-corrected chi connectivity index (χ1v) is 11.7. The van der Waals surface area contributed by atoms with Crippen molar-refractivity contribution in [1.29, 1.82) is 0 Å². The first-order chi connectivity index (χ1) is 14.5. The number of hydrogen-bond acceptors (Lipinski definition) is 3. The van der Waals surface area contributed by atoms with Crippen molar-refractivity contribution in [2.75, 3.05) is 5.73 Å². The Morgan fingerprint density at radius 3 is 1.80 bits per heavy atom. The van der Waals surface area contributed by atoms with Crippen molar-refractivity contribution >= 4 is 90.8 Å². The Kier molecular flexibility index (Phi) is 2.99. The molecule has 0 saturated carbocycles. The van der Waals surface area contributed by atoms with Crippen LogP contribution in [-0.4, -0.2) is 9.13 Å². The number of anilines is 1. The Bertz CT molecular complexity index is 1700. The van der Waals surface area contributed by atoms with E-state index in [4.69, 9.17) is 5.73 Å². The van der Waals surface area contributed by atoms with Gasteiger partial charge in [-0.05, 0) is 48.9 Å². The molecule has 7 rings (SSSR count). The molecule has 2 N–H and O–H groups in total. The van der Waals surface area contributed by atoms with Crippen molar-refractivity contribution in [1.82, 2.24) is 9.13 Å². The van der Waals surface area contributed by atoms with Crippen LogP contribution >= 0.6 is 22.7 Å². The predicted octanol–water partition coefficient (Wildman–Crippen LogP) is 7.30. The molecule has 0 bridgehead atoms. The van der Waals surface area contributed by atoms with Crippen molar-refractivity contribution in [3.05, 3.63) is 54.1 Å². The maximum Gasteiger partial charge on any atom is 0.0678 e. The molecular weight excluding hydrogens is 406 g/mol. The normalized spacial score (nSPS) is 12.6. The number of nitrogen functional groups attached to an aromatic ring is 1. The molecule has 0 radical (unpaired) electrons. The van der Waals surface area contributed by atoms with Crippen LogP contribution in [0.3, 0.4) is 0 Å². The van der Waals surface area contributed by atoms with E-state index in [0.29, 0.717) is 0 Å². The highest BCUT2D eigenvalue weighted by Gasteiger charge is 2.19. The molecule has 30 heavy (non-hydrogen) atoms. The lowest BCUT2D eigenvalue weighted by Crippen LogP contribution is -1.89. The van der Waals surface area contributed by atoms with Gasteiger partial charge in [-0.15, -0.1) is 22.7 Å². The average molecular weight is 426 g/mol. The van der Waals surface area contributed by atoms with E-state index in [0.717, 1.165) is 5.69 Å². The Labute approximate surface area is 180 Å². The molecule has 0 atom stereocenters. The molecule has 146 valence electrons. The number of nitrogens with two attached hydrogens (primary N) is 1. The van der Waals surface area contributed by atoms with Crippen LogP contribution in [0.15, 0.2) is 48.5 Å². The van der Waals surface area contributed by atoms with Crippen molar-refractivity contribution < 1.29 is 0 Å². The number of benzene rings is 3. The summed E-state index contributed by atoms with van der Waals surface area (Å²) in [4.78, 5) is 0. The Balaban J connectivity index is 1.65. The molecule has 3 nitrogen and oxygen atoms in total. The number of nitrogens with zero attached hydrogens (tertiary/aromatic N) is 2. The van der Waals surface area contributed by atoms with E-state index in [1.54, 1.807) is 0 Å². The standard InChI is InChI=1S/C25H19N3S2/c1-12-4-6-14-18(8-12)27(2)22-16-10-21-17(11-20(16)29-24(14)22)23-25(30-21)15-7-5-13(26)9-19(15)28(23)3/h4-11H,26H2,1-3H3. The lowest BCUT2D eigenvalue weighted by Gasteiger charge is -2.02. The first-order valence-electron chi connectivity index (χ1n) is 10.0. The topological polar surface area (TPSA) is 35.9 Å². The van der Waals surface area contributed by atoms with Gasteiger partial charge >= 0.3 is 0 Å². The molecule has 0 amide bonds. The second-order valence-corrected chi connectivity index (χ2v) is 10.4. The molecule has 0 fully saturated rings. The van der Waals surface area contributed by atoms with Gasteiger partial charge in [-0.3, -0.25) is 0 Å². The van der Waals surface area contributed by atoms with Gasteiger partial charge in [-0.1, -0.05) is 12.1 Å². The van der Waals surface area contributed by atoms with Crippen LogP contribution in [0.25, 0.3) is 62.4 Å². The number of aromatic nitrogens is 2. The first kappa shape index (κ1) is 16.7. The van der Waals surface area contributed by atoms with Crippen LogP contribution in [-0.2, 0) is 14.1 Å². The molecule has 7 aromatic rings. The molecule has 0 saturated heterocycles. The third-order valence-electron chi connectivity index (χ3n) is 6.50. The van der Waals surface area contributed by atoms with E-state index >= 15 is 0 Å². The van der Waals surface area contributed by atoms with Crippen LogP contribution in [0.4, 0.5) is 5.69 Å². The molecule has 0 aliphatic rings. The van der Waals surface area contributed by atoms with Gasteiger partial charge in [0.2, 0.25) is 0 Å². The lowest BCUT2D eigenvalue weighted by atomic mass is 10.1. The van der Waals surface area contributed by atoms with Gasteiger partial charge in [0.25, 0.3) is 0 Å². The van der Waals surface area contributed by atoms with Crippen molar-refractivity contribution in [2.45, 2.75) is 6.92 Å². The summed E-state index contributed by atoms with van der Waals surface area (Å²) < 4.78 is 10.1. The molecule has 0 unspecified atom stereocenters. The maximum atomic E-state index is 6.06. The van der Waals surface area contributed by atoms with Crippen LogP contribution in [0.1, 0.15) is 5.56 Å². The summed E-state index contributed by atoms with van der Waals surface area (Å²) in [5.41, 5.74) is 13.4. The molecule has 5 heteroatoms. The average Bonchev–Trinajstić information content (AvgIpc) is 3.41. The van der Waals surface area contributed by atoms with Gasteiger partial charge in [-0.25, -0.2) is 0 Å². The second-order valence-electron chi connectivity index (χ2n) is 8.32. The fraction of sp³-hybridized carbons (Fsp3) is 0.120. The second kappa shape index (κ2) is 5.36. The van der Waals surface area contributed by atoms with E-state index < -0.39 is 0 Å². The third kappa shape index (κ3) is 1.90. The highest BCUT2D eigenvalue weighted by atomic mass is 32.1. The van der Waals surface area contributed by atoms with Crippen LogP contribution in [0.2, 0.25) is 0 Å². The van der Waals surface area contributed by atoms with Gasteiger partial charge < -0.3 is 14.9 Å². The van der Waals surface area contributed by atoms with Gasteiger partial charge in [0.05, 0.1) is 25.9 Å². The number of rotatable bonds is 0. The van der Waals surface area contributed by atoms with Gasteiger partial charge in [0.15, 0.2) is 0 Å². The van der Waals surface area contributed by atoms with E-state index in [2.05, 4.69) is 72.6 Å². The molecule has 4 heterocycles. The molecule has 0 aliphatic heterocycles. The zero-order valence-corrected chi connectivity index (χ0v) is 18.5. The van der Waals surface area contributed by atoms with Gasteiger partial charge in [0.1, 0.15) is 0 Å². The predicted molar refractivity (Wildman–Crippen MR) is 134 cm³/mol. The number of fused-ring (bicyclic) bond motifs is 10. The summed E-state index contributed by atoms with van der Waals surface area (Å²) in [7, 11) is 4.35. The highest BCUT2D eigenvalue weighted by Crippen LogP contribution is 2.46. The van der Waals surface area contributed by atoms with E-state index in [1.165, 1.54) is 68.0 Å². The zero-order valence-electron chi connectivity index (χ0n) is 16.9.